The van der Waals surface area contributed by atoms with Crippen LogP contribution in [0.1, 0.15) is 27.2 Å². The number of aryl methyl sites for hydroxylation is 3. The fraction of sp³-hybridized carbons (Fsp3) is 0.231. The first-order valence-electron chi connectivity index (χ1n) is 5.18. The predicted molar refractivity (Wildman–Crippen MR) is 64.5 cm³/mol. The molecule has 0 saturated carbocycles. The molecule has 0 radical (unpaired) electrons. The lowest BCUT2D eigenvalue weighted by Crippen LogP contribution is -2.16. The lowest BCUT2D eigenvalue weighted by molar-refractivity contribution is 0.0999. The van der Waals surface area contributed by atoms with E-state index in [2.05, 4.69) is 4.98 Å². The van der Waals surface area contributed by atoms with E-state index in [0.29, 0.717) is 11.3 Å². The normalized spacial score (nSPS) is 10.7. The number of nitrogens with two attached hydrogens (primary N) is 1. The van der Waals surface area contributed by atoms with Gasteiger partial charge in [0.2, 0.25) is 0 Å². The highest BCUT2D eigenvalue weighted by Gasteiger charge is 2.14. The van der Waals surface area contributed by atoms with Gasteiger partial charge in [0.15, 0.2) is 0 Å². The third-order valence-electron chi connectivity index (χ3n) is 2.90. The maximum absolute atomic E-state index is 11.4. The molecule has 1 heterocycles. The minimum absolute atomic E-state index is 0.410. The van der Waals surface area contributed by atoms with Crippen molar-refractivity contribution in [3.8, 4) is 0 Å². The van der Waals surface area contributed by atoms with Gasteiger partial charge in [-0.15, -0.1) is 0 Å². The Morgan fingerprint density at radius 1 is 1.25 bits per heavy atom. The Morgan fingerprint density at radius 3 is 2.56 bits per heavy atom. The summed E-state index contributed by atoms with van der Waals surface area (Å²) in [6.45, 7) is 5.75. The molecule has 0 fully saturated rings. The second-order valence-electron chi connectivity index (χ2n) is 4.03. The van der Waals surface area contributed by atoms with Gasteiger partial charge >= 0.3 is 0 Å². The van der Waals surface area contributed by atoms with Crippen molar-refractivity contribution in [2.24, 2.45) is 5.73 Å². The molecule has 0 spiro atoms. The van der Waals surface area contributed by atoms with Crippen molar-refractivity contribution < 1.29 is 4.79 Å². The number of primary amides is 1. The second-order valence-corrected chi connectivity index (χ2v) is 4.03. The van der Waals surface area contributed by atoms with Crippen LogP contribution >= 0.6 is 0 Å². The van der Waals surface area contributed by atoms with Gasteiger partial charge in [0.1, 0.15) is 0 Å². The Balaban J connectivity index is 2.96. The zero-order valence-electron chi connectivity index (χ0n) is 9.66. The number of carbonyl (C=O) groups is 1. The first-order valence-corrected chi connectivity index (χ1v) is 5.18. The van der Waals surface area contributed by atoms with Gasteiger partial charge in [-0.1, -0.05) is 12.1 Å². The van der Waals surface area contributed by atoms with Crippen molar-refractivity contribution in [3.63, 3.8) is 0 Å². The Kier molecular flexibility index (Phi) is 2.38. The Morgan fingerprint density at radius 2 is 1.94 bits per heavy atom. The average Bonchev–Trinajstić information content (AvgIpc) is 2.15. The number of hydrogen-bond acceptors (Lipinski definition) is 2. The van der Waals surface area contributed by atoms with Gasteiger partial charge in [-0.2, -0.15) is 0 Å². The molecule has 0 bridgehead atoms. The first-order chi connectivity index (χ1) is 7.52. The van der Waals surface area contributed by atoms with Crippen molar-refractivity contribution in [2.75, 3.05) is 0 Å². The zero-order chi connectivity index (χ0) is 11.9. The summed E-state index contributed by atoms with van der Waals surface area (Å²) in [4.78, 5) is 15.8. The molecule has 0 aliphatic carbocycles. The topological polar surface area (TPSA) is 56.0 Å². The van der Waals surface area contributed by atoms with E-state index in [4.69, 9.17) is 5.73 Å². The third kappa shape index (κ3) is 1.45. The third-order valence-corrected chi connectivity index (χ3v) is 2.90. The molecule has 0 saturated heterocycles. The maximum Gasteiger partial charge on any atom is 0.250 e. The van der Waals surface area contributed by atoms with E-state index in [0.717, 1.165) is 22.0 Å². The molecule has 0 atom stereocenters. The van der Waals surface area contributed by atoms with Crippen LogP contribution in [-0.4, -0.2) is 10.9 Å². The molecule has 1 aromatic heterocycles. The van der Waals surface area contributed by atoms with Crippen molar-refractivity contribution >= 4 is 16.8 Å². The number of rotatable bonds is 1. The van der Waals surface area contributed by atoms with Crippen molar-refractivity contribution in [1.29, 1.82) is 0 Å². The standard InChI is InChI=1S/C13H14N2O/c1-7-5-4-6-10-11(7)8(2)12(13(14)16)9(3)15-10/h4-6H,1-3H3,(H2,14,16). The van der Waals surface area contributed by atoms with Crippen molar-refractivity contribution in [1.82, 2.24) is 4.98 Å². The highest BCUT2D eigenvalue weighted by molar-refractivity contribution is 6.01. The van der Waals surface area contributed by atoms with Crippen LogP contribution in [0.2, 0.25) is 0 Å². The van der Waals surface area contributed by atoms with Crippen LogP contribution < -0.4 is 5.73 Å². The van der Waals surface area contributed by atoms with Crippen molar-refractivity contribution in [3.05, 3.63) is 40.6 Å². The summed E-state index contributed by atoms with van der Waals surface area (Å²) < 4.78 is 0. The molecular formula is C13H14N2O. The second kappa shape index (κ2) is 3.59. The summed E-state index contributed by atoms with van der Waals surface area (Å²) in [5, 5.41) is 1.03. The summed E-state index contributed by atoms with van der Waals surface area (Å²) in [7, 11) is 0. The number of nitrogens with zero attached hydrogens (tertiary/aromatic N) is 1. The molecule has 82 valence electrons. The molecule has 2 aromatic rings. The van der Waals surface area contributed by atoms with Gasteiger partial charge < -0.3 is 5.73 Å². The quantitative estimate of drug-likeness (QED) is 0.791. The fourth-order valence-corrected chi connectivity index (χ4v) is 2.23. The summed E-state index contributed by atoms with van der Waals surface area (Å²) in [6.07, 6.45) is 0. The van der Waals surface area contributed by atoms with E-state index < -0.39 is 5.91 Å². The highest BCUT2D eigenvalue weighted by atomic mass is 16.1. The minimum atomic E-state index is -0.410. The van der Waals surface area contributed by atoms with Crippen molar-refractivity contribution in [2.45, 2.75) is 20.8 Å². The number of hydrogen-bond donors (Lipinski definition) is 1. The monoisotopic (exact) mass is 214 g/mol. The Bertz CT molecular complexity index is 588. The van der Waals surface area contributed by atoms with Crippen LogP contribution in [0.25, 0.3) is 10.9 Å². The van der Waals surface area contributed by atoms with E-state index in [1.165, 1.54) is 0 Å². The number of amides is 1. The molecule has 0 aliphatic rings. The summed E-state index contributed by atoms with van der Waals surface area (Å²) in [5.74, 6) is -0.410. The number of benzene rings is 1. The molecule has 1 amide bonds. The molecule has 3 nitrogen and oxygen atoms in total. The largest absolute Gasteiger partial charge is 0.366 e. The minimum Gasteiger partial charge on any atom is -0.366 e. The van der Waals surface area contributed by atoms with Gasteiger partial charge in [-0.3, -0.25) is 9.78 Å². The number of fused-ring (bicyclic) bond motifs is 1. The van der Waals surface area contributed by atoms with E-state index in [1.807, 2.05) is 39.0 Å². The van der Waals surface area contributed by atoms with Gasteiger partial charge in [0.05, 0.1) is 16.8 Å². The maximum atomic E-state index is 11.4. The van der Waals surface area contributed by atoms with Crippen LogP contribution in [0.15, 0.2) is 18.2 Å². The Labute approximate surface area is 94.3 Å². The van der Waals surface area contributed by atoms with E-state index in [1.54, 1.807) is 0 Å². The summed E-state index contributed by atoms with van der Waals surface area (Å²) >= 11 is 0. The molecular weight excluding hydrogens is 200 g/mol. The fourth-order valence-electron chi connectivity index (χ4n) is 2.23. The molecule has 16 heavy (non-hydrogen) atoms. The number of aromatic nitrogens is 1. The molecule has 0 unspecified atom stereocenters. The van der Waals surface area contributed by atoms with Crippen LogP contribution in [0.4, 0.5) is 0 Å². The summed E-state index contributed by atoms with van der Waals surface area (Å²) in [6, 6.07) is 5.93. The molecule has 3 heteroatoms. The van der Waals surface area contributed by atoms with Gasteiger partial charge in [0, 0.05) is 5.39 Å². The number of pyridine rings is 1. The van der Waals surface area contributed by atoms with Gasteiger partial charge in [-0.05, 0) is 38.0 Å². The van der Waals surface area contributed by atoms with E-state index in [-0.39, 0.29) is 0 Å². The van der Waals surface area contributed by atoms with Crippen LogP contribution in [-0.2, 0) is 0 Å². The lowest BCUT2D eigenvalue weighted by Gasteiger charge is -2.11. The summed E-state index contributed by atoms with van der Waals surface area (Å²) in [5.41, 5.74) is 9.57. The predicted octanol–water partition coefficient (Wildman–Crippen LogP) is 2.26. The van der Waals surface area contributed by atoms with Gasteiger partial charge in [0.25, 0.3) is 5.91 Å². The average molecular weight is 214 g/mol. The first kappa shape index (κ1) is 10.6. The molecule has 2 N–H and O–H groups in total. The van der Waals surface area contributed by atoms with Crippen LogP contribution in [0.5, 0.6) is 0 Å². The lowest BCUT2D eigenvalue weighted by atomic mass is 9.98. The van der Waals surface area contributed by atoms with E-state index >= 15 is 0 Å². The van der Waals surface area contributed by atoms with Gasteiger partial charge in [-0.25, -0.2) is 0 Å². The molecule has 0 aliphatic heterocycles. The Hall–Kier alpha value is -1.90. The van der Waals surface area contributed by atoms with E-state index in [9.17, 15) is 4.79 Å². The molecule has 2 rings (SSSR count). The van der Waals surface area contributed by atoms with Crippen LogP contribution in [0, 0.1) is 20.8 Å². The highest BCUT2D eigenvalue weighted by Crippen LogP contribution is 2.25. The van der Waals surface area contributed by atoms with Crippen LogP contribution in [0.3, 0.4) is 0 Å². The SMILES string of the molecule is Cc1nc2cccc(C)c2c(C)c1C(N)=O. The number of carbonyl (C=O) groups excluding carboxylic acids is 1. The smallest absolute Gasteiger partial charge is 0.250 e. The zero-order valence-corrected chi connectivity index (χ0v) is 9.66. The molecule has 1 aromatic carbocycles.